The third kappa shape index (κ3) is 4.09. The molecule has 0 aliphatic heterocycles. The van der Waals surface area contributed by atoms with Crippen LogP contribution in [0.5, 0.6) is 0 Å². The Morgan fingerprint density at radius 3 is 2.17 bits per heavy atom. The van der Waals surface area contributed by atoms with Crippen molar-refractivity contribution < 1.29 is 31.1 Å². The van der Waals surface area contributed by atoms with Crippen molar-refractivity contribution >= 4 is 5.69 Å². The topological polar surface area (TPSA) is 53.1 Å². The minimum atomic E-state index is -5.50. The molecule has 1 heterocycles. The molecule has 0 unspecified atom stereocenters. The van der Waals surface area contributed by atoms with Gasteiger partial charge < -0.3 is 10.5 Å². The van der Waals surface area contributed by atoms with Crippen LogP contribution >= 0.6 is 0 Å². The van der Waals surface area contributed by atoms with E-state index >= 15 is 0 Å². The van der Waals surface area contributed by atoms with Crippen molar-refractivity contribution in [1.29, 1.82) is 0 Å². The monoisotopic (exact) mass is 277 g/mol. The molecule has 0 saturated heterocycles. The molecule has 0 fully saturated rings. The first-order chi connectivity index (χ1) is 8.10. The number of alkyl halides is 6. The number of ether oxygens (including phenoxy) is 1. The second-order valence-electron chi connectivity index (χ2n) is 3.37. The third-order valence-electron chi connectivity index (χ3n) is 1.85. The van der Waals surface area contributed by atoms with Crippen molar-refractivity contribution in [2.75, 3.05) is 12.3 Å². The molecule has 0 aromatic carbocycles. The first-order valence-electron chi connectivity index (χ1n) is 4.63. The van der Waals surface area contributed by atoms with E-state index in [1.807, 2.05) is 0 Å². The highest BCUT2D eigenvalue weighted by Gasteiger charge is 2.57. The summed E-state index contributed by atoms with van der Waals surface area (Å²) >= 11 is 0. The second kappa shape index (κ2) is 5.04. The lowest BCUT2D eigenvalue weighted by Gasteiger charge is -2.22. The summed E-state index contributed by atoms with van der Waals surface area (Å²) in [6.45, 7) is -1.05. The molecule has 10 heteroatoms. The number of hydrogen-bond donors (Lipinski definition) is 1. The highest BCUT2D eigenvalue weighted by Crippen LogP contribution is 2.35. The zero-order chi connectivity index (χ0) is 14.0. The lowest BCUT2D eigenvalue weighted by molar-refractivity contribution is -0.322. The number of rotatable bonds is 4. The molecule has 0 bridgehead atoms. The highest BCUT2D eigenvalue weighted by molar-refractivity contribution is 5.30. The zero-order valence-electron chi connectivity index (χ0n) is 8.79. The predicted octanol–water partition coefficient (Wildman–Crippen LogP) is 1.98. The van der Waals surface area contributed by atoms with Gasteiger partial charge in [0.25, 0.3) is 0 Å². The van der Waals surface area contributed by atoms with Crippen molar-refractivity contribution in [3.05, 3.63) is 12.4 Å². The Kier molecular flexibility index (Phi) is 4.09. The molecule has 18 heavy (non-hydrogen) atoms. The van der Waals surface area contributed by atoms with Crippen LogP contribution in [0.2, 0.25) is 0 Å². The normalized spacial score (nSPS) is 13.3. The molecule has 2 N–H and O–H groups in total. The van der Waals surface area contributed by atoms with Gasteiger partial charge in [0.05, 0.1) is 25.0 Å². The Hall–Kier alpha value is -1.45. The van der Waals surface area contributed by atoms with Gasteiger partial charge in [-0.1, -0.05) is 0 Å². The molecule has 4 nitrogen and oxygen atoms in total. The summed E-state index contributed by atoms with van der Waals surface area (Å²) in [7, 11) is 0. The summed E-state index contributed by atoms with van der Waals surface area (Å²) < 4.78 is 77.3. The van der Waals surface area contributed by atoms with E-state index < -0.39 is 25.1 Å². The predicted molar refractivity (Wildman–Crippen MR) is 48.5 cm³/mol. The van der Waals surface area contributed by atoms with Gasteiger partial charge in [0.1, 0.15) is 0 Å². The fourth-order valence-corrected chi connectivity index (χ4v) is 1.14. The van der Waals surface area contributed by atoms with Crippen molar-refractivity contribution in [2.24, 2.45) is 0 Å². The summed E-state index contributed by atoms with van der Waals surface area (Å²) in [5.41, 5.74) is 5.51. The second-order valence-corrected chi connectivity index (χ2v) is 3.37. The van der Waals surface area contributed by atoms with Gasteiger partial charge in [0.2, 0.25) is 6.10 Å². The molecule has 0 aliphatic rings. The quantitative estimate of drug-likeness (QED) is 0.856. The van der Waals surface area contributed by atoms with Crippen molar-refractivity contribution in [1.82, 2.24) is 9.78 Å². The van der Waals surface area contributed by atoms with Crippen LogP contribution in [0.25, 0.3) is 0 Å². The summed E-state index contributed by atoms with van der Waals surface area (Å²) in [5.74, 6) is 0. The van der Waals surface area contributed by atoms with Gasteiger partial charge in [-0.3, -0.25) is 4.68 Å². The molecule has 1 rings (SSSR count). The van der Waals surface area contributed by atoms with E-state index in [9.17, 15) is 26.3 Å². The average molecular weight is 277 g/mol. The van der Waals surface area contributed by atoms with E-state index in [2.05, 4.69) is 9.84 Å². The maximum Gasteiger partial charge on any atom is 0.423 e. The molecule has 0 aliphatic carbocycles. The summed E-state index contributed by atoms with van der Waals surface area (Å²) in [4.78, 5) is 0. The number of anilines is 1. The Morgan fingerprint density at radius 2 is 1.78 bits per heavy atom. The van der Waals surface area contributed by atoms with Crippen LogP contribution in [-0.2, 0) is 11.3 Å². The number of nitrogens with two attached hydrogens (primary N) is 1. The lowest BCUT2D eigenvalue weighted by atomic mass is 10.3. The fraction of sp³-hybridized carbons (Fsp3) is 0.625. The van der Waals surface area contributed by atoms with Gasteiger partial charge in [-0.15, -0.1) is 0 Å². The first-order valence-corrected chi connectivity index (χ1v) is 4.63. The van der Waals surface area contributed by atoms with Gasteiger partial charge in [-0.2, -0.15) is 31.4 Å². The van der Waals surface area contributed by atoms with Gasteiger partial charge >= 0.3 is 12.4 Å². The summed E-state index contributed by atoms with van der Waals surface area (Å²) in [6.07, 6.45) is -12.3. The maximum atomic E-state index is 12.1. The molecule has 1 aromatic rings. The fourth-order valence-electron chi connectivity index (χ4n) is 1.14. The van der Waals surface area contributed by atoms with Crippen molar-refractivity contribution in [3.8, 4) is 0 Å². The standard InChI is InChI=1S/C8H9F6N3O/c9-7(10,11)6(8(12,13)14)18-2-1-17-4-5(15)3-16-17/h3-4,6H,1-2,15H2. The molecule has 104 valence electrons. The number of halogens is 6. The minimum Gasteiger partial charge on any atom is -0.396 e. The molecule has 1 aromatic heterocycles. The van der Waals surface area contributed by atoms with Crippen LogP contribution < -0.4 is 5.73 Å². The van der Waals surface area contributed by atoms with E-state index in [1.165, 1.54) is 12.4 Å². The smallest absolute Gasteiger partial charge is 0.396 e. The van der Waals surface area contributed by atoms with Crippen LogP contribution in [0.3, 0.4) is 0 Å². The van der Waals surface area contributed by atoms with Gasteiger partial charge in [0.15, 0.2) is 0 Å². The van der Waals surface area contributed by atoms with Gasteiger partial charge in [-0.25, -0.2) is 0 Å². The SMILES string of the molecule is Nc1cnn(CCOC(C(F)(F)F)C(F)(F)F)c1. The molecular formula is C8H9F6N3O. The minimum absolute atomic E-state index is 0.248. The Bertz CT molecular complexity index is 371. The van der Waals surface area contributed by atoms with Gasteiger partial charge in [-0.05, 0) is 0 Å². The number of nitrogen functional groups attached to an aromatic ring is 1. The molecular weight excluding hydrogens is 268 g/mol. The summed E-state index contributed by atoms with van der Waals surface area (Å²) in [5, 5.41) is 3.59. The van der Waals surface area contributed by atoms with E-state index in [0.717, 1.165) is 4.68 Å². The summed E-state index contributed by atoms with van der Waals surface area (Å²) in [6, 6.07) is 0. The Labute approximate surface area is 97.3 Å². The van der Waals surface area contributed by atoms with E-state index in [4.69, 9.17) is 5.73 Å². The number of nitrogens with zero attached hydrogens (tertiary/aromatic N) is 2. The Morgan fingerprint density at radius 1 is 1.22 bits per heavy atom. The largest absolute Gasteiger partial charge is 0.423 e. The first kappa shape index (κ1) is 14.6. The number of hydrogen-bond acceptors (Lipinski definition) is 3. The van der Waals surface area contributed by atoms with Crippen LogP contribution in [0.15, 0.2) is 12.4 Å². The number of aromatic nitrogens is 2. The van der Waals surface area contributed by atoms with Crippen LogP contribution in [0.4, 0.5) is 32.0 Å². The molecule has 0 amide bonds. The van der Waals surface area contributed by atoms with E-state index in [1.54, 1.807) is 0 Å². The van der Waals surface area contributed by atoms with E-state index in [0.29, 0.717) is 0 Å². The Balaban J connectivity index is 2.53. The van der Waals surface area contributed by atoms with E-state index in [-0.39, 0.29) is 12.2 Å². The van der Waals surface area contributed by atoms with Crippen LogP contribution in [-0.4, -0.2) is 34.8 Å². The third-order valence-corrected chi connectivity index (χ3v) is 1.85. The molecule has 0 spiro atoms. The highest BCUT2D eigenvalue weighted by atomic mass is 19.4. The van der Waals surface area contributed by atoms with Crippen LogP contribution in [0.1, 0.15) is 0 Å². The van der Waals surface area contributed by atoms with Crippen LogP contribution in [0, 0.1) is 0 Å². The molecule has 0 radical (unpaired) electrons. The molecule has 0 atom stereocenters. The van der Waals surface area contributed by atoms with Crippen molar-refractivity contribution in [2.45, 2.75) is 25.0 Å². The zero-order valence-corrected chi connectivity index (χ0v) is 8.79. The van der Waals surface area contributed by atoms with Gasteiger partial charge in [0, 0.05) is 6.20 Å². The van der Waals surface area contributed by atoms with Crippen molar-refractivity contribution in [3.63, 3.8) is 0 Å². The molecule has 0 saturated carbocycles. The lowest BCUT2D eigenvalue weighted by Crippen LogP contribution is -2.44. The average Bonchev–Trinajstić information content (AvgIpc) is 2.54. The maximum absolute atomic E-state index is 12.1.